The summed E-state index contributed by atoms with van der Waals surface area (Å²) in [6, 6.07) is 4.11. The van der Waals surface area contributed by atoms with Gasteiger partial charge in [0.15, 0.2) is 0 Å². The first-order chi connectivity index (χ1) is 8.78. The molecule has 1 unspecified atom stereocenters. The molecule has 1 atom stereocenters. The molecule has 0 aliphatic heterocycles. The van der Waals surface area contributed by atoms with Crippen molar-refractivity contribution in [2.24, 2.45) is 5.73 Å². The Morgan fingerprint density at radius 3 is 3.17 bits per heavy atom. The average molecular weight is 259 g/mol. The first kappa shape index (κ1) is 11.8. The van der Waals surface area contributed by atoms with Crippen LogP contribution < -0.4 is 5.73 Å². The maximum absolute atomic E-state index is 5.84. The van der Waals surface area contributed by atoms with E-state index < -0.39 is 0 Å². The maximum atomic E-state index is 5.84. The van der Waals surface area contributed by atoms with Gasteiger partial charge in [0, 0.05) is 23.5 Å². The van der Waals surface area contributed by atoms with Gasteiger partial charge < -0.3 is 5.73 Å². The minimum absolute atomic E-state index is 0.448. The lowest BCUT2D eigenvalue weighted by Crippen LogP contribution is -2.17. The van der Waals surface area contributed by atoms with Gasteiger partial charge in [-0.3, -0.25) is 4.98 Å². The number of nitrogens with two attached hydrogens (primary N) is 1. The van der Waals surface area contributed by atoms with Gasteiger partial charge >= 0.3 is 0 Å². The molecule has 1 aliphatic rings. The monoisotopic (exact) mass is 259 g/mol. The smallest absolute Gasteiger partial charge is 0.142 e. The third kappa shape index (κ3) is 2.06. The first-order valence-electron chi connectivity index (χ1n) is 6.40. The summed E-state index contributed by atoms with van der Waals surface area (Å²) in [5.41, 5.74) is 9.28. The number of pyridine rings is 1. The van der Waals surface area contributed by atoms with Crippen LogP contribution in [0.4, 0.5) is 0 Å². The lowest BCUT2D eigenvalue weighted by Gasteiger charge is -2.18. The van der Waals surface area contributed by atoms with Crippen LogP contribution in [0.25, 0.3) is 10.7 Å². The fourth-order valence-electron chi connectivity index (χ4n) is 2.50. The number of aromatic nitrogens is 2. The quantitative estimate of drug-likeness (QED) is 0.902. The van der Waals surface area contributed by atoms with E-state index in [9.17, 15) is 0 Å². The molecule has 0 bridgehead atoms. The zero-order chi connectivity index (χ0) is 12.5. The second-order valence-electron chi connectivity index (χ2n) is 4.87. The van der Waals surface area contributed by atoms with Gasteiger partial charge in [-0.15, -0.1) is 11.3 Å². The summed E-state index contributed by atoms with van der Waals surface area (Å²) in [7, 11) is 0. The first-order valence-corrected chi connectivity index (χ1v) is 7.22. The second kappa shape index (κ2) is 4.78. The highest BCUT2D eigenvalue weighted by atomic mass is 32.1. The Morgan fingerprint density at radius 2 is 2.39 bits per heavy atom. The van der Waals surface area contributed by atoms with Gasteiger partial charge in [-0.25, -0.2) is 4.98 Å². The molecule has 2 heterocycles. The third-order valence-corrected chi connectivity index (χ3v) is 4.64. The molecule has 18 heavy (non-hydrogen) atoms. The Hall–Kier alpha value is -1.26. The van der Waals surface area contributed by atoms with Crippen LogP contribution >= 0.6 is 11.3 Å². The van der Waals surface area contributed by atoms with Crippen molar-refractivity contribution in [3.8, 4) is 10.7 Å². The number of aryl methyl sites for hydroxylation is 2. The van der Waals surface area contributed by atoms with Crippen molar-refractivity contribution in [2.45, 2.75) is 32.1 Å². The predicted octanol–water partition coefficient (Wildman–Crippen LogP) is 2.89. The van der Waals surface area contributed by atoms with Crippen LogP contribution in [-0.2, 0) is 6.42 Å². The summed E-state index contributed by atoms with van der Waals surface area (Å²) in [6.07, 6.45) is 5.41. The molecule has 2 aromatic heterocycles. The summed E-state index contributed by atoms with van der Waals surface area (Å²) >= 11 is 1.79. The molecule has 3 rings (SSSR count). The Bertz CT molecular complexity index is 562. The van der Waals surface area contributed by atoms with Gasteiger partial charge in [-0.05, 0) is 43.9 Å². The standard InChI is InChI=1S/C14H17N3S/c1-9-5-6-16-11(7-9)14-17-13-10(8-15)3-2-4-12(13)18-14/h5-7,10H,2-4,8,15H2,1H3. The van der Waals surface area contributed by atoms with Crippen molar-refractivity contribution >= 4 is 11.3 Å². The SMILES string of the molecule is Cc1ccnc(-c2nc3c(s2)CCCC3CN)c1. The molecule has 0 spiro atoms. The van der Waals surface area contributed by atoms with Crippen LogP contribution in [0.2, 0.25) is 0 Å². The van der Waals surface area contributed by atoms with Crippen molar-refractivity contribution in [3.05, 3.63) is 34.5 Å². The molecule has 3 nitrogen and oxygen atoms in total. The summed E-state index contributed by atoms with van der Waals surface area (Å²) in [5.74, 6) is 0.448. The summed E-state index contributed by atoms with van der Waals surface area (Å²) in [6.45, 7) is 2.79. The molecular weight excluding hydrogens is 242 g/mol. The number of thiazole rings is 1. The van der Waals surface area contributed by atoms with Crippen LogP contribution in [0.5, 0.6) is 0 Å². The second-order valence-corrected chi connectivity index (χ2v) is 5.95. The van der Waals surface area contributed by atoms with Crippen molar-refractivity contribution in [3.63, 3.8) is 0 Å². The topological polar surface area (TPSA) is 51.8 Å². The van der Waals surface area contributed by atoms with Crippen molar-refractivity contribution in [1.82, 2.24) is 9.97 Å². The van der Waals surface area contributed by atoms with Crippen LogP contribution in [0, 0.1) is 6.92 Å². The fraction of sp³-hybridized carbons (Fsp3) is 0.429. The van der Waals surface area contributed by atoms with E-state index in [4.69, 9.17) is 10.7 Å². The van der Waals surface area contributed by atoms with Gasteiger partial charge in [0.1, 0.15) is 5.01 Å². The number of hydrogen-bond donors (Lipinski definition) is 1. The maximum Gasteiger partial charge on any atom is 0.142 e. The molecule has 0 fully saturated rings. The molecule has 94 valence electrons. The highest BCUT2D eigenvalue weighted by Crippen LogP contribution is 2.37. The Morgan fingerprint density at radius 1 is 1.50 bits per heavy atom. The van der Waals surface area contributed by atoms with E-state index >= 15 is 0 Å². The number of fused-ring (bicyclic) bond motifs is 1. The predicted molar refractivity (Wildman–Crippen MR) is 74.8 cm³/mol. The summed E-state index contributed by atoms with van der Waals surface area (Å²) < 4.78 is 0. The number of rotatable bonds is 2. The molecule has 1 aliphatic carbocycles. The molecular formula is C14H17N3S. The van der Waals surface area contributed by atoms with Gasteiger partial charge in [0.05, 0.1) is 11.4 Å². The molecule has 0 saturated carbocycles. The van der Waals surface area contributed by atoms with Crippen LogP contribution in [0.3, 0.4) is 0 Å². The molecule has 0 saturated heterocycles. The summed E-state index contributed by atoms with van der Waals surface area (Å²) in [4.78, 5) is 10.6. The van der Waals surface area contributed by atoms with E-state index in [1.165, 1.54) is 29.0 Å². The number of hydrogen-bond acceptors (Lipinski definition) is 4. The molecule has 0 radical (unpaired) electrons. The normalized spacial score (nSPS) is 18.7. The fourth-order valence-corrected chi connectivity index (χ4v) is 3.66. The minimum atomic E-state index is 0.448. The summed E-state index contributed by atoms with van der Waals surface area (Å²) in [5, 5.41) is 1.05. The molecule has 2 aromatic rings. The lowest BCUT2D eigenvalue weighted by molar-refractivity contribution is 0.554. The van der Waals surface area contributed by atoms with Crippen molar-refractivity contribution in [1.29, 1.82) is 0 Å². The largest absolute Gasteiger partial charge is 0.330 e. The Labute approximate surface area is 111 Å². The van der Waals surface area contributed by atoms with Crippen LogP contribution in [0.15, 0.2) is 18.3 Å². The zero-order valence-electron chi connectivity index (χ0n) is 10.5. The van der Waals surface area contributed by atoms with E-state index in [2.05, 4.69) is 18.0 Å². The van der Waals surface area contributed by atoms with Crippen LogP contribution in [0.1, 0.15) is 34.9 Å². The van der Waals surface area contributed by atoms with E-state index in [1.807, 2.05) is 12.3 Å². The molecule has 0 aromatic carbocycles. The van der Waals surface area contributed by atoms with Crippen LogP contribution in [-0.4, -0.2) is 16.5 Å². The average Bonchev–Trinajstić information content (AvgIpc) is 2.82. The van der Waals surface area contributed by atoms with Gasteiger partial charge in [-0.2, -0.15) is 0 Å². The molecule has 4 heteroatoms. The highest BCUT2D eigenvalue weighted by molar-refractivity contribution is 7.15. The molecule has 2 N–H and O–H groups in total. The Balaban J connectivity index is 2.02. The minimum Gasteiger partial charge on any atom is -0.330 e. The van der Waals surface area contributed by atoms with E-state index in [0.717, 1.165) is 17.1 Å². The Kier molecular flexibility index (Phi) is 3.14. The van der Waals surface area contributed by atoms with E-state index in [1.54, 1.807) is 11.3 Å². The van der Waals surface area contributed by atoms with Gasteiger partial charge in [-0.1, -0.05) is 0 Å². The van der Waals surface area contributed by atoms with E-state index in [-0.39, 0.29) is 0 Å². The zero-order valence-corrected chi connectivity index (χ0v) is 11.3. The third-order valence-electron chi connectivity index (χ3n) is 3.49. The van der Waals surface area contributed by atoms with Crippen molar-refractivity contribution in [2.75, 3.05) is 6.54 Å². The van der Waals surface area contributed by atoms with Gasteiger partial charge in [0.25, 0.3) is 0 Å². The lowest BCUT2D eigenvalue weighted by atomic mass is 9.91. The molecule has 0 amide bonds. The van der Waals surface area contributed by atoms with Crippen molar-refractivity contribution < 1.29 is 0 Å². The van der Waals surface area contributed by atoms with Gasteiger partial charge in [0.2, 0.25) is 0 Å². The van der Waals surface area contributed by atoms with E-state index in [0.29, 0.717) is 12.5 Å². The highest BCUT2D eigenvalue weighted by Gasteiger charge is 2.24. The number of nitrogens with zero attached hydrogens (tertiary/aromatic N) is 2.